The van der Waals surface area contributed by atoms with E-state index in [1.165, 1.54) is 24.0 Å². The van der Waals surface area contributed by atoms with E-state index in [4.69, 9.17) is 0 Å². The normalized spacial score (nSPS) is 13.1. The number of aliphatic hydroxyl groups is 1. The van der Waals surface area contributed by atoms with Gasteiger partial charge in [0.05, 0.1) is 6.61 Å². The number of carbonyl (C=O) groups is 1. The first-order valence-corrected chi connectivity index (χ1v) is 7.21. The van der Waals surface area contributed by atoms with E-state index in [1.54, 1.807) is 5.57 Å². The zero-order valence-corrected chi connectivity index (χ0v) is 12.1. The van der Waals surface area contributed by atoms with Crippen LogP contribution in [-0.4, -0.2) is 11.4 Å². The van der Waals surface area contributed by atoms with E-state index in [0.29, 0.717) is 11.1 Å². The van der Waals surface area contributed by atoms with Gasteiger partial charge in [0.2, 0.25) is 0 Å². The molecule has 0 aromatic heterocycles. The van der Waals surface area contributed by atoms with Gasteiger partial charge < -0.3 is 5.11 Å². The van der Waals surface area contributed by atoms with Gasteiger partial charge in [0.1, 0.15) is 6.29 Å². The van der Waals surface area contributed by atoms with Crippen molar-refractivity contribution in [3.05, 3.63) is 64.7 Å². The van der Waals surface area contributed by atoms with E-state index >= 15 is 0 Å². The van der Waals surface area contributed by atoms with Crippen LogP contribution < -0.4 is 0 Å². The van der Waals surface area contributed by atoms with Gasteiger partial charge in [-0.1, -0.05) is 42.0 Å². The summed E-state index contributed by atoms with van der Waals surface area (Å²) in [6.45, 7) is 2.07. The largest absolute Gasteiger partial charge is 0.392 e. The molecule has 0 heterocycles. The van der Waals surface area contributed by atoms with Crippen LogP contribution in [-0.2, 0) is 6.61 Å². The van der Waals surface area contributed by atoms with E-state index in [1.807, 2.05) is 18.2 Å². The maximum atomic E-state index is 11.1. The number of hydrogen-bond donors (Lipinski definition) is 1. The third kappa shape index (κ3) is 2.81. The highest BCUT2D eigenvalue weighted by Crippen LogP contribution is 2.36. The highest BCUT2D eigenvalue weighted by Gasteiger charge is 2.15. The average Bonchev–Trinajstić information content (AvgIpc) is 3.38. The fourth-order valence-corrected chi connectivity index (χ4v) is 2.58. The molecule has 2 aromatic rings. The lowest BCUT2D eigenvalue weighted by Crippen LogP contribution is -1.93. The van der Waals surface area contributed by atoms with Crippen LogP contribution in [0, 0.1) is 0 Å². The van der Waals surface area contributed by atoms with Crippen molar-refractivity contribution in [2.24, 2.45) is 0 Å². The summed E-state index contributed by atoms with van der Waals surface area (Å²) < 4.78 is 0. The van der Waals surface area contributed by atoms with Gasteiger partial charge in [-0.25, -0.2) is 0 Å². The Kier molecular flexibility index (Phi) is 3.72. The summed E-state index contributed by atoms with van der Waals surface area (Å²) >= 11 is 0. The molecule has 0 radical (unpaired) electrons. The lowest BCUT2D eigenvalue weighted by Gasteiger charge is -2.08. The second-order valence-corrected chi connectivity index (χ2v) is 5.50. The molecule has 1 aliphatic rings. The van der Waals surface area contributed by atoms with Crippen molar-refractivity contribution in [3.8, 4) is 11.1 Å². The number of rotatable bonds is 4. The third-order valence-electron chi connectivity index (χ3n) is 4.12. The van der Waals surface area contributed by atoms with Gasteiger partial charge in [-0.3, -0.25) is 4.79 Å². The molecule has 2 heteroatoms. The fourth-order valence-electron chi connectivity index (χ4n) is 2.58. The van der Waals surface area contributed by atoms with Crippen LogP contribution in [0.3, 0.4) is 0 Å². The van der Waals surface area contributed by atoms with Gasteiger partial charge in [-0.2, -0.15) is 0 Å². The van der Waals surface area contributed by atoms with Gasteiger partial charge in [-0.15, -0.1) is 0 Å². The highest BCUT2D eigenvalue weighted by molar-refractivity contribution is 5.81. The number of hydrogen-bond acceptors (Lipinski definition) is 2. The predicted molar refractivity (Wildman–Crippen MR) is 85.0 cm³/mol. The van der Waals surface area contributed by atoms with Crippen LogP contribution in [0.1, 0.15) is 41.3 Å². The number of carbonyl (C=O) groups excluding carboxylic acids is 1. The molecule has 0 amide bonds. The van der Waals surface area contributed by atoms with Crippen molar-refractivity contribution in [2.75, 3.05) is 0 Å². The van der Waals surface area contributed by atoms with E-state index in [2.05, 4.69) is 31.2 Å². The molecule has 1 saturated carbocycles. The molecule has 0 atom stereocenters. The monoisotopic (exact) mass is 278 g/mol. The number of benzene rings is 2. The zero-order valence-electron chi connectivity index (χ0n) is 12.1. The van der Waals surface area contributed by atoms with Crippen LogP contribution in [0.25, 0.3) is 16.7 Å². The van der Waals surface area contributed by atoms with Crippen LogP contribution in [0.2, 0.25) is 0 Å². The molecule has 106 valence electrons. The highest BCUT2D eigenvalue weighted by atomic mass is 16.3. The Hall–Kier alpha value is -2.19. The first-order valence-electron chi connectivity index (χ1n) is 7.21. The molecule has 1 N–H and O–H groups in total. The van der Waals surface area contributed by atoms with E-state index in [9.17, 15) is 9.90 Å². The minimum atomic E-state index is -0.111. The molecule has 3 rings (SSSR count). The molecule has 0 unspecified atom stereocenters. The minimum absolute atomic E-state index is 0.111. The summed E-state index contributed by atoms with van der Waals surface area (Å²) in [7, 11) is 0. The number of aliphatic hydroxyl groups excluding tert-OH is 1. The van der Waals surface area contributed by atoms with Gasteiger partial charge in [0.25, 0.3) is 0 Å². The first-order chi connectivity index (χ1) is 10.2. The lowest BCUT2D eigenvalue weighted by molar-refractivity contribution is 0.112. The Morgan fingerprint density at radius 3 is 2.33 bits per heavy atom. The van der Waals surface area contributed by atoms with Crippen molar-refractivity contribution >= 4 is 11.9 Å². The van der Waals surface area contributed by atoms with Gasteiger partial charge in [-0.05, 0) is 53.7 Å². The first kappa shape index (κ1) is 13.8. The molecule has 0 bridgehead atoms. The number of aldehydes is 1. The van der Waals surface area contributed by atoms with Crippen molar-refractivity contribution in [1.29, 1.82) is 0 Å². The lowest BCUT2D eigenvalue weighted by atomic mass is 9.97. The average molecular weight is 278 g/mol. The molecule has 2 aromatic carbocycles. The maximum Gasteiger partial charge on any atom is 0.150 e. The van der Waals surface area contributed by atoms with Crippen LogP contribution >= 0.6 is 0 Å². The summed E-state index contributed by atoms with van der Waals surface area (Å²) in [4.78, 5) is 11.1. The summed E-state index contributed by atoms with van der Waals surface area (Å²) in [6, 6.07) is 14.0. The molecule has 0 aliphatic heterocycles. The Morgan fingerprint density at radius 2 is 1.76 bits per heavy atom. The summed E-state index contributed by atoms with van der Waals surface area (Å²) in [6.07, 6.45) is 3.27. The van der Waals surface area contributed by atoms with E-state index in [-0.39, 0.29) is 6.61 Å². The minimum Gasteiger partial charge on any atom is -0.392 e. The maximum absolute atomic E-state index is 11.1. The molecule has 21 heavy (non-hydrogen) atoms. The fraction of sp³-hybridized carbons (Fsp3) is 0.211. The zero-order chi connectivity index (χ0) is 14.8. The molecule has 0 saturated heterocycles. The van der Waals surface area contributed by atoms with Gasteiger partial charge >= 0.3 is 0 Å². The van der Waals surface area contributed by atoms with E-state index < -0.39 is 0 Å². The SMILES string of the molecule is CC(=C1CC1)c1ccc(-c2ccc(CO)c(C=O)c2)cc1. The molecular weight excluding hydrogens is 260 g/mol. The number of allylic oxidation sites excluding steroid dienone is 2. The smallest absolute Gasteiger partial charge is 0.150 e. The molecular formula is C19H18O2. The summed E-state index contributed by atoms with van der Waals surface area (Å²) in [5.41, 5.74) is 7.52. The quantitative estimate of drug-likeness (QED) is 0.850. The molecule has 1 fully saturated rings. The summed E-state index contributed by atoms with van der Waals surface area (Å²) in [5, 5.41) is 9.20. The Balaban J connectivity index is 1.93. The van der Waals surface area contributed by atoms with Crippen LogP contribution in [0.15, 0.2) is 48.0 Å². The van der Waals surface area contributed by atoms with Crippen molar-refractivity contribution in [3.63, 3.8) is 0 Å². The Bertz CT molecular complexity index is 703. The standard InChI is InChI=1S/C19H18O2/c1-13(14-2-3-14)15-4-6-16(7-5-15)17-8-9-18(11-20)19(10-17)12-21/h4-10,12,20H,2-3,11H2,1H3. The van der Waals surface area contributed by atoms with Crippen LogP contribution in [0.5, 0.6) is 0 Å². The molecule has 0 spiro atoms. The van der Waals surface area contributed by atoms with E-state index in [0.717, 1.165) is 17.4 Å². The van der Waals surface area contributed by atoms with Crippen molar-refractivity contribution in [1.82, 2.24) is 0 Å². The predicted octanol–water partition coefficient (Wildman–Crippen LogP) is 4.23. The Morgan fingerprint density at radius 1 is 1.10 bits per heavy atom. The third-order valence-corrected chi connectivity index (χ3v) is 4.12. The Labute approximate surface area is 124 Å². The second kappa shape index (κ2) is 5.66. The van der Waals surface area contributed by atoms with Gasteiger partial charge in [0, 0.05) is 5.56 Å². The van der Waals surface area contributed by atoms with Crippen molar-refractivity contribution in [2.45, 2.75) is 26.4 Å². The molecule has 1 aliphatic carbocycles. The second-order valence-electron chi connectivity index (χ2n) is 5.50. The van der Waals surface area contributed by atoms with Crippen molar-refractivity contribution < 1.29 is 9.90 Å². The van der Waals surface area contributed by atoms with Crippen LogP contribution in [0.4, 0.5) is 0 Å². The summed E-state index contributed by atoms with van der Waals surface area (Å²) in [5.74, 6) is 0. The topological polar surface area (TPSA) is 37.3 Å². The van der Waals surface area contributed by atoms with Gasteiger partial charge in [0.15, 0.2) is 0 Å². The molecule has 2 nitrogen and oxygen atoms in total.